The maximum atomic E-state index is 2.42. The van der Waals surface area contributed by atoms with Crippen LogP contribution in [0.25, 0.3) is 62.2 Å². The SMILES string of the molecule is c1ccc(N(c2ccc(-c3cccc4c3sc3ccccc34)cc2)c2cc3ccccc3c3c2sc2ccccc23)cc1. The van der Waals surface area contributed by atoms with Crippen molar-refractivity contribution in [3.63, 3.8) is 0 Å². The minimum Gasteiger partial charge on any atom is -0.309 e. The molecule has 9 rings (SSSR count). The van der Waals surface area contributed by atoms with Crippen molar-refractivity contribution in [3.8, 4) is 11.1 Å². The molecule has 2 heterocycles. The van der Waals surface area contributed by atoms with E-state index in [1.54, 1.807) is 0 Å². The summed E-state index contributed by atoms with van der Waals surface area (Å²) in [7, 11) is 0. The smallest absolute Gasteiger partial charge is 0.0646 e. The first-order valence-corrected chi connectivity index (χ1v) is 16.2. The van der Waals surface area contributed by atoms with Crippen LogP contribution in [-0.2, 0) is 0 Å². The van der Waals surface area contributed by atoms with Crippen LogP contribution in [0, 0.1) is 0 Å². The number of fused-ring (bicyclic) bond motifs is 8. The van der Waals surface area contributed by atoms with E-state index in [9.17, 15) is 0 Å². The first-order valence-electron chi connectivity index (χ1n) is 14.5. The van der Waals surface area contributed by atoms with E-state index < -0.39 is 0 Å². The lowest BCUT2D eigenvalue weighted by Gasteiger charge is -2.27. The van der Waals surface area contributed by atoms with Gasteiger partial charge in [-0.3, -0.25) is 0 Å². The molecule has 1 nitrogen and oxygen atoms in total. The molecule has 202 valence electrons. The Morgan fingerprint density at radius 1 is 0.419 bits per heavy atom. The van der Waals surface area contributed by atoms with E-state index in [-0.39, 0.29) is 0 Å². The maximum Gasteiger partial charge on any atom is 0.0646 e. The first-order chi connectivity index (χ1) is 21.3. The average molecular weight is 584 g/mol. The van der Waals surface area contributed by atoms with Crippen molar-refractivity contribution in [2.45, 2.75) is 0 Å². The van der Waals surface area contributed by atoms with E-state index >= 15 is 0 Å². The lowest BCUT2D eigenvalue weighted by Crippen LogP contribution is -2.10. The highest BCUT2D eigenvalue weighted by atomic mass is 32.1. The van der Waals surface area contributed by atoms with Crippen LogP contribution in [0.3, 0.4) is 0 Å². The van der Waals surface area contributed by atoms with Crippen molar-refractivity contribution in [1.82, 2.24) is 0 Å². The molecule has 0 aliphatic carbocycles. The summed E-state index contributed by atoms with van der Waals surface area (Å²) in [5.41, 5.74) is 6.03. The van der Waals surface area contributed by atoms with Gasteiger partial charge in [-0.15, -0.1) is 22.7 Å². The highest BCUT2D eigenvalue weighted by Gasteiger charge is 2.20. The van der Waals surface area contributed by atoms with Crippen LogP contribution in [0.1, 0.15) is 0 Å². The number of benzene rings is 7. The third kappa shape index (κ3) is 3.90. The number of hydrogen-bond donors (Lipinski definition) is 0. The second-order valence-electron chi connectivity index (χ2n) is 10.9. The van der Waals surface area contributed by atoms with Crippen molar-refractivity contribution in [1.29, 1.82) is 0 Å². The van der Waals surface area contributed by atoms with Gasteiger partial charge in [0, 0.05) is 47.0 Å². The fourth-order valence-corrected chi connectivity index (χ4v) is 8.95. The fraction of sp³-hybridized carbons (Fsp3) is 0. The van der Waals surface area contributed by atoms with Gasteiger partial charge in [-0.1, -0.05) is 109 Å². The molecule has 0 unspecified atom stereocenters. The lowest BCUT2D eigenvalue weighted by atomic mass is 10.0. The minimum absolute atomic E-state index is 1.15. The van der Waals surface area contributed by atoms with Gasteiger partial charge in [-0.2, -0.15) is 0 Å². The predicted molar refractivity (Wildman–Crippen MR) is 190 cm³/mol. The molecule has 0 amide bonds. The van der Waals surface area contributed by atoms with Gasteiger partial charge < -0.3 is 4.90 Å². The number of hydrogen-bond acceptors (Lipinski definition) is 3. The highest BCUT2D eigenvalue weighted by molar-refractivity contribution is 7.27. The highest BCUT2D eigenvalue weighted by Crippen LogP contribution is 2.48. The molecular weight excluding hydrogens is 559 g/mol. The van der Waals surface area contributed by atoms with Crippen molar-refractivity contribution < 1.29 is 0 Å². The van der Waals surface area contributed by atoms with Crippen LogP contribution in [0.5, 0.6) is 0 Å². The Kier molecular flexibility index (Phi) is 5.62. The Labute approximate surface area is 257 Å². The Bertz CT molecular complexity index is 2450. The molecule has 0 aliphatic rings. The minimum atomic E-state index is 1.15. The van der Waals surface area contributed by atoms with Crippen molar-refractivity contribution in [2.24, 2.45) is 0 Å². The summed E-state index contributed by atoms with van der Waals surface area (Å²) >= 11 is 3.77. The van der Waals surface area contributed by atoms with Gasteiger partial charge in [0.1, 0.15) is 0 Å². The quantitative estimate of drug-likeness (QED) is 0.199. The molecule has 0 saturated heterocycles. The number of anilines is 3. The summed E-state index contributed by atoms with van der Waals surface area (Å²) in [6.07, 6.45) is 0. The molecule has 7 aromatic carbocycles. The largest absolute Gasteiger partial charge is 0.309 e. The summed E-state index contributed by atoms with van der Waals surface area (Å²) in [6.45, 7) is 0. The van der Waals surface area contributed by atoms with Crippen LogP contribution < -0.4 is 4.90 Å². The zero-order chi connectivity index (χ0) is 28.3. The van der Waals surface area contributed by atoms with Crippen molar-refractivity contribution >= 4 is 90.9 Å². The number of thiophene rings is 2. The van der Waals surface area contributed by atoms with Gasteiger partial charge in [0.15, 0.2) is 0 Å². The predicted octanol–water partition coefficient (Wildman–Crippen LogP) is 12.7. The Morgan fingerprint density at radius 3 is 1.84 bits per heavy atom. The zero-order valence-corrected chi connectivity index (χ0v) is 24.8. The van der Waals surface area contributed by atoms with E-state index in [2.05, 4.69) is 157 Å². The Balaban J connectivity index is 1.26. The average Bonchev–Trinajstić information content (AvgIpc) is 3.65. The third-order valence-corrected chi connectivity index (χ3v) is 10.9. The van der Waals surface area contributed by atoms with Crippen LogP contribution in [0.15, 0.2) is 152 Å². The molecule has 0 aliphatic heterocycles. The fourth-order valence-electron chi connectivity index (χ4n) is 6.49. The van der Waals surface area contributed by atoms with Gasteiger partial charge in [-0.05, 0) is 64.4 Å². The molecule has 2 aromatic heterocycles. The summed E-state index contributed by atoms with van der Waals surface area (Å²) in [5.74, 6) is 0. The summed E-state index contributed by atoms with van der Waals surface area (Å²) < 4.78 is 5.30. The van der Waals surface area contributed by atoms with E-state index in [0.717, 1.165) is 11.4 Å². The van der Waals surface area contributed by atoms with Crippen molar-refractivity contribution in [2.75, 3.05) is 4.90 Å². The molecule has 3 heteroatoms. The molecule has 0 fully saturated rings. The van der Waals surface area contributed by atoms with E-state index in [4.69, 9.17) is 0 Å². The molecule has 0 atom stereocenters. The summed E-state index contributed by atoms with van der Waals surface area (Å²) in [6, 6.07) is 55.3. The molecule has 43 heavy (non-hydrogen) atoms. The van der Waals surface area contributed by atoms with Gasteiger partial charge in [0.25, 0.3) is 0 Å². The summed E-state index contributed by atoms with van der Waals surface area (Å²) in [5, 5.41) is 7.88. The topological polar surface area (TPSA) is 3.24 Å². The Morgan fingerprint density at radius 2 is 1.02 bits per heavy atom. The molecule has 9 aromatic rings. The molecule has 0 N–H and O–H groups in total. The van der Waals surface area contributed by atoms with Gasteiger partial charge in [0.05, 0.1) is 10.4 Å². The maximum absolute atomic E-state index is 2.42. The second kappa shape index (κ2) is 9.81. The van der Waals surface area contributed by atoms with Crippen LogP contribution in [0.2, 0.25) is 0 Å². The second-order valence-corrected chi connectivity index (χ2v) is 13.0. The van der Waals surface area contributed by atoms with E-state index in [0.29, 0.717) is 0 Å². The summed E-state index contributed by atoms with van der Waals surface area (Å²) in [4.78, 5) is 2.42. The standard InChI is InChI=1S/C40H25NS2/c1-2-12-28(13-3-1)41(35-25-27-11-4-5-14-30(27)38-34-16-7-9-20-37(34)43-40(35)38)29-23-21-26(22-24-29)31-17-10-18-33-32-15-6-8-19-36(32)42-39(31)33/h1-25H. The van der Waals surface area contributed by atoms with Gasteiger partial charge in [-0.25, -0.2) is 0 Å². The lowest BCUT2D eigenvalue weighted by molar-refractivity contribution is 1.30. The number of rotatable bonds is 4. The monoisotopic (exact) mass is 583 g/mol. The van der Waals surface area contributed by atoms with Gasteiger partial charge in [0.2, 0.25) is 0 Å². The molecule has 0 bridgehead atoms. The molecule has 0 radical (unpaired) electrons. The van der Waals surface area contributed by atoms with Gasteiger partial charge >= 0.3 is 0 Å². The third-order valence-electron chi connectivity index (χ3n) is 8.45. The molecular formula is C40H25NS2. The normalized spacial score (nSPS) is 11.7. The molecule has 0 saturated carbocycles. The number of para-hydroxylation sites is 1. The first kappa shape index (κ1) is 24.6. The van der Waals surface area contributed by atoms with E-state index in [1.807, 2.05) is 22.7 Å². The zero-order valence-electron chi connectivity index (χ0n) is 23.2. The van der Waals surface area contributed by atoms with Crippen LogP contribution in [-0.4, -0.2) is 0 Å². The van der Waals surface area contributed by atoms with Crippen LogP contribution >= 0.6 is 22.7 Å². The van der Waals surface area contributed by atoms with Crippen molar-refractivity contribution in [3.05, 3.63) is 152 Å². The van der Waals surface area contributed by atoms with Crippen LogP contribution in [0.4, 0.5) is 17.1 Å². The number of nitrogens with zero attached hydrogens (tertiary/aromatic N) is 1. The molecule has 0 spiro atoms. The van der Waals surface area contributed by atoms with E-state index in [1.165, 1.54) is 67.9 Å². The Hall–Kier alpha value is -4.96.